The number of Topliss-reactive ketones (excluding diaryl/α,β-unsaturated/α-hetero) is 1. The Morgan fingerprint density at radius 3 is 2.59 bits per heavy atom. The Morgan fingerprint density at radius 1 is 1.27 bits per heavy atom. The van der Waals surface area contributed by atoms with Gasteiger partial charge in [-0.2, -0.15) is 0 Å². The second-order valence-electron chi connectivity index (χ2n) is 6.90. The molecule has 3 rings (SSSR count). The van der Waals surface area contributed by atoms with E-state index in [2.05, 4.69) is 41.1 Å². The van der Waals surface area contributed by atoms with Crippen molar-refractivity contribution in [2.45, 2.75) is 64.1 Å². The maximum atomic E-state index is 12.9. The van der Waals surface area contributed by atoms with Crippen LogP contribution in [0.5, 0.6) is 0 Å². The van der Waals surface area contributed by atoms with Gasteiger partial charge >= 0.3 is 0 Å². The maximum absolute atomic E-state index is 12.9. The zero-order valence-corrected chi connectivity index (χ0v) is 15.1. The van der Waals surface area contributed by atoms with Crippen molar-refractivity contribution in [1.29, 1.82) is 0 Å². The summed E-state index contributed by atoms with van der Waals surface area (Å²) in [6.07, 6.45) is 7.25. The molecule has 0 amide bonds. The molecule has 2 aliphatic rings. The number of halogens is 1. The number of carbonyl (C=O) groups excluding carboxylic acids is 1. The number of hydrogen-bond acceptors (Lipinski definition) is 2. The third kappa shape index (κ3) is 2.59. The molecule has 3 heteroatoms. The van der Waals surface area contributed by atoms with E-state index in [9.17, 15) is 4.79 Å². The zero-order valence-electron chi connectivity index (χ0n) is 13.5. The van der Waals surface area contributed by atoms with Gasteiger partial charge in [-0.3, -0.25) is 4.79 Å². The summed E-state index contributed by atoms with van der Waals surface area (Å²) in [7, 11) is 0. The monoisotopic (exact) mass is 362 g/mol. The number of aryl methyl sites for hydroxylation is 1. The van der Waals surface area contributed by atoms with Gasteiger partial charge < -0.3 is 4.74 Å². The summed E-state index contributed by atoms with van der Waals surface area (Å²) in [5.41, 5.74) is 2.23. The molecular weight excluding hydrogens is 340 g/mol. The normalized spacial score (nSPS) is 24.5. The first-order valence-electron chi connectivity index (χ1n) is 8.13. The molecule has 0 unspecified atom stereocenters. The summed E-state index contributed by atoms with van der Waals surface area (Å²) >= 11 is 3.53. The van der Waals surface area contributed by atoms with E-state index < -0.39 is 5.60 Å². The predicted molar refractivity (Wildman–Crippen MR) is 92.9 cm³/mol. The van der Waals surface area contributed by atoms with Gasteiger partial charge in [0, 0.05) is 10.0 Å². The molecule has 1 aliphatic carbocycles. The average Bonchev–Trinajstić information content (AvgIpc) is 2.99. The molecule has 118 valence electrons. The minimum atomic E-state index is -0.697. The summed E-state index contributed by atoms with van der Waals surface area (Å²) in [4.78, 5) is 12.9. The van der Waals surface area contributed by atoms with Crippen molar-refractivity contribution >= 4 is 27.8 Å². The maximum Gasteiger partial charge on any atom is 0.193 e. The highest BCUT2D eigenvalue weighted by Crippen LogP contribution is 2.49. The van der Waals surface area contributed by atoms with Gasteiger partial charge in [-0.05, 0) is 62.4 Å². The molecule has 0 N–H and O–H groups in total. The van der Waals surface area contributed by atoms with E-state index in [1.165, 1.54) is 5.56 Å². The van der Waals surface area contributed by atoms with E-state index in [0.717, 1.165) is 47.7 Å². The van der Waals surface area contributed by atoms with Gasteiger partial charge in [0.05, 0.1) is 5.60 Å². The lowest BCUT2D eigenvalue weighted by molar-refractivity contribution is -0.133. The van der Waals surface area contributed by atoms with Crippen LogP contribution in [0, 0.1) is 0 Å². The van der Waals surface area contributed by atoms with E-state index in [4.69, 9.17) is 4.74 Å². The van der Waals surface area contributed by atoms with Crippen LogP contribution in [0.3, 0.4) is 0 Å². The number of ether oxygens (including phenoxy) is 1. The number of rotatable bonds is 2. The average molecular weight is 363 g/mol. The third-order valence-corrected chi connectivity index (χ3v) is 5.42. The van der Waals surface area contributed by atoms with Crippen LogP contribution in [0.15, 0.2) is 28.2 Å². The van der Waals surface area contributed by atoms with Crippen molar-refractivity contribution in [3.8, 4) is 0 Å². The van der Waals surface area contributed by atoms with Crippen molar-refractivity contribution in [1.82, 2.24) is 0 Å². The fourth-order valence-corrected chi connectivity index (χ4v) is 4.22. The molecular formula is C19H23BrO2. The van der Waals surface area contributed by atoms with E-state index in [0.29, 0.717) is 0 Å². The number of ketones is 1. The van der Waals surface area contributed by atoms with E-state index in [1.54, 1.807) is 0 Å². The first-order chi connectivity index (χ1) is 10.4. The first kappa shape index (κ1) is 15.9. The van der Waals surface area contributed by atoms with Crippen LogP contribution in [-0.2, 0) is 16.0 Å². The molecule has 2 nitrogen and oxygen atoms in total. The van der Waals surface area contributed by atoms with Gasteiger partial charge in [-0.1, -0.05) is 41.8 Å². The Hall–Kier alpha value is -0.930. The van der Waals surface area contributed by atoms with Gasteiger partial charge in [0.1, 0.15) is 5.60 Å². The standard InChI is InChI=1S/C19H23BrO2/c1-4-13-11-15(20)8-7-14(13)12-16-17(21)18(2,3)22-19(16)9-5-6-10-19/h7-8,11-12H,4-6,9-10H2,1-3H3/b16-12+. The molecule has 1 spiro atoms. The van der Waals surface area contributed by atoms with Crippen molar-refractivity contribution in [3.05, 3.63) is 39.4 Å². The molecule has 1 heterocycles. The minimum Gasteiger partial charge on any atom is -0.356 e. The van der Waals surface area contributed by atoms with Crippen LogP contribution in [0.25, 0.3) is 6.08 Å². The predicted octanol–water partition coefficient (Wildman–Crippen LogP) is 5.09. The van der Waals surface area contributed by atoms with Gasteiger partial charge in [0.15, 0.2) is 5.78 Å². The smallest absolute Gasteiger partial charge is 0.193 e. The molecule has 0 radical (unpaired) electrons. The van der Waals surface area contributed by atoms with Crippen LogP contribution in [0.2, 0.25) is 0 Å². The zero-order chi connectivity index (χ0) is 16.0. The molecule has 1 saturated carbocycles. The Morgan fingerprint density at radius 2 is 1.95 bits per heavy atom. The lowest BCUT2D eigenvalue weighted by Gasteiger charge is -2.26. The van der Waals surface area contributed by atoms with Crippen LogP contribution in [-0.4, -0.2) is 17.0 Å². The van der Waals surface area contributed by atoms with Crippen LogP contribution in [0.1, 0.15) is 57.6 Å². The van der Waals surface area contributed by atoms with Crippen LogP contribution in [0.4, 0.5) is 0 Å². The highest BCUT2D eigenvalue weighted by atomic mass is 79.9. The topological polar surface area (TPSA) is 26.3 Å². The molecule has 0 aromatic heterocycles. The summed E-state index contributed by atoms with van der Waals surface area (Å²) in [6, 6.07) is 6.27. The minimum absolute atomic E-state index is 0.152. The molecule has 0 atom stereocenters. The largest absolute Gasteiger partial charge is 0.356 e. The van der Waals surface area contributed by atoms with Crippen molar-refractivity contribution < 1.29 is 9.53 Å². The van der Waals surface area contributed by atoms with Crippen molar-refractivity contribution in [3.63, 3.8) is 0 Å². The molecule has 1 aromatic rings. The highest BCUT2D eigenvalue weighted by molar-refractivity contribution is 9.10. The summed E-state index contributed by atoms with van der Waals surface area (Å²) in [5, 5.41) is 0. The van der Waals surface area contributed by atoms with Crippen molar-refractivity contribution in [2.24, 2.45) is 0 Å². The van der Waals surface area contributed by atoms with Crippen molar-refractivity contribution in [2.75, 3.05) is 0 Å². The highest BCUT2D eigenvalue weighted by Gasteiger charge is 2.55. The lowest BCUT2D eigenvalue weighted by atomic mass is 9.86. The number of hydrogen-bond donors (Lipinski definition) is 0. The summed E-state index contributed by atoms with van der Waals surface area (Å²) < 4.78 is 7.34. The third-order valence-electron chi connectivity index (χ3n) is 4.93. The second kappa shape index (κ2) is 5.61. The van der Waals surface area contributed by atoms with E-state index in [-0.39, 0.29) is 11.4 Å². The molecule has 2 fully saturated rings. The lowest BCUT2D eigenvalue weighted by Crippen LogP contribution is -2.31. The Kier molecular flexibility index (Phi) is 4.07. The van der Waals surface area contributed by atoms with Crippen LogP contribution >= 0.6 is 15.9 Å². The fourth-order valence-electron chi connectivity index (χ4n) is 3.81. The fraction of sp³-hybridized carbons (Fsp3) is 0.526. The van der Waals surface area contributed by atoms with Gasteiger partial charge in [-0.25, -0.2) is 0 Å². The summed E-state index contributed by atoms with van der Waals surface area (Å²) in [6.45, 7) is 5.95. The first-order valence-corrected chi connectivity index (χ1v) is 8.93. The molecule has 1 aromatic carbocycles. The second-order valence-corrected chi connectivity index (χ2v) is 7.81. The Bertz CT molecular complexity index is 637. The number of benzene rings is 1. The van der Waals surface area contributed by atoms with Crippen LogP contribution < -0.4 is 0 Å². The van der Waals surface area contributed by atoms with E-state index in [1.807, 2.05) is 19.9 Å². The van der Waals surface area contributed by atoms with Gasteiger partial charge in [-0.15, -0.1) is 0 Å². The molecule has 22 heavy (non-hydrogen) atoms. The molecule has 0 bridgehead atoms. The Balaban J connectivity index is 2.10. The SMILES string of the molecule is CCc1cc(Br)ccc1/C=C1\C(=O)C(C)(C)OC12CCCC2. The Labute approximate surface area is 141 Å². The molecule has 1 aliphatic heterocycles. The van der Waals surface area contributed by atoms with Gasteiger partial charge in [0.2, 0.25) is 0 Å². The summed E-state index contributed by atoms with van der Waals surface area (Å²) in [5.74, 6) is 0.152. The van der Waals surface area contributed by atoms with E-state index >= 15 is 0 Å². The van der Waals surface area contributed by atoms with Gasteiger partial charge in [0.25, 0.3) is 0 Å². The number of carbonyl (C=O) groups is 1. The molecule has 1 saturated heterocycles. The quantitative estimate of drug-likeness (QED) is 0.685.